The predicted molar refractivity (Wildman–Crippen MR) is 82.0 cm³/mol. The van der Waals surface area contributed by atoms with Crippen molar-refractivity contribution in [1.29, 1.82) is 0 Å². The van der Waals surface area contributed by atoms with Crippen LogP contribution in [0.15, 0.2) is 0 Å². The van der Waals surface area contributed by atoms with E-state index in [0.717, 1.165) is 19.3 Å². The molecule has 1 aliphatic heterocycles. The number of rotatable bonds is 5. The minimum atomic E-state index is -0.697. The average Bonchev–Trinajstić information content (AvgIpc) is 2.59. The van der Waals surface area contributed by atoms with Crippen LogP contribution in [0.3, 0.4) is 0 Å². The van der Waals surface area contributed by atoms with Crippen molar-refractivity contribution in [2.45, 2.75) is 90.7 Å². The molecule has 0 bridgehead atoms. The van der Waals surface area contributed by atoms with Gasteiger partial charge in [0.05, 0.1) is 18.8 Å². The summed E-state index contributed by atoms with van der Waals surface area (Å²) in [5.41, 5.74) is -1.24. The molecular weight excluding hydrogens is 270 g/mol. The summed E-state index contributed by atoms with van der Waals surface area (Å²) in [5, 5.41) is 10.1. The van der Waals surface area contributed by atoms with Crippen LogP contribution in [-0.2, 0) is 9.47 Å². The Morgan fingerprint density at radius 3 is 2.62 bits per heavy atom. The number of ether oxygens (including phenoxy) is 2. The van der Waals surface area contributed by atoms with Crippen LogP contribution in [0.4, 0.5) is 4.79 Å². The van der Waals surface area contributed by atoms with Crippen molar-refractivity contribution in [3.63, 3.8) is 0 Å². The molecular formula is C16H31NO4. The smallest absolute Gasteiger partial charge is 0.412 e. The van der Waals surface area contributed by atoms with Crippen LogP contribution in [0.5, 0.6) is 0 Å². The lowest BCUT2D eigenvalue weighted by Crippen LogP contribution is -2.50. The number of amides is 1. The SMILES string of the molecule is CCCC[C@@H](O)C[C@H]1COC(C)(C)N1C(=O)OC(C)(C)C. The molecule has 0 aromatic heterocycles. The van der Waals surface area contributed by atoms with Crippen LogP contribution in [-0.4, -0.2) is 46.2 Å². The molecule has 1 heterocycles. The van der Waals surface area contributed by atoms with Gasteiger partial charge in [-0.3, -0.25) is 4.90 Å². The summed E-state index contributed by atoms with van der Waals surface area (Å²) < 4.78 is 11.2. The van der Waals surface area contributed by atoms with E-state index in [-0.39, 0.29) is 12.1 Å². The van der Waals surface area contributed by atoms with Gasteiger partial charge in [0.2, 0.25) is 0 Å². The summed E-state index contributed by atoms with van der Waals surface area (Å²) in [7, 11) is 0. The monoisotopic (exact) mass is 301 g/mol. The topological polar surface area (TPSA) is 59.0 Å². The van der Waals surface area contributed by atoms with E-state index in [1.807, 2.05) is 34.6 Å². The first kappa shape index (κ1) is 18.2. The Kier molecular flexibility index (Phi) is 6.05. The molecule has 124 valence electrons. The van der Waals surface area contributed by atoms with Gasteiger partial charge in [-0.05, 0) is 47.5 Å². The van der Waals surface area contributed by atoms with Gasteiger partial charge < -0.3 is 14.6 Å². The van der Waals surface area contributed by atoms with Crippen molar-refractivity contribution in [3.05, 3.63) is 0 Å². The molecule has 0 aliphatic carbocycles. The molecule has 0 aromatic rings. The molecule has 1 fully saturated rings. The molecule has 1 N–H and O–H groups in total. The Labute approximate surface area is 128 Å². The van der Waals surface area contributed by atoms with Crippen molar-refractivity contribution in [1.82, 2.24) is 4.90 Å². The van der Waals surface area contributed by atoms with Gasteiger partial charge in [0, 0.05) is 0 Å². The molecule has 0 radical (unpaired) electrons. The molecule has 5 nitrogen and oxygen atoms in total. The normalized spacial score (nSPS) is 23.2. The van der Waals surface area contributed by atoms with Crippen molar-refractivity contribution >= 4 is 6.09 Å². The second-order valence-electron chi connectivity index (χ2n) is 7.29. The Morgan fingerprint density at radius 1 is 1.48 bits per heavy atom. The van der Waals surface area contributed by atoms with E-state index in [1.54, 1.807) is 4.90 Å². The molecule has 1 amide bonds. The van der Waals surface area contributed by atoms with Crippen molar-refractivity contribution in [2.24, 2.45) is 0 Å². The minimum absolute atomic E-state index is 0.137. The highest BCUT2D eigenvalue weighted by Crippen LogP contribution is 2.31. The summed E-state index contributed by atoms with van der Waals surface area (Å²) in [6.45, 7) is 11.8. The first-order chi connectivity index (χ1) is 9.57. The molecule has 2 atom stereocenters. The summed E-state index contributed by atoms with van der Waals surface area (Å²) in [6, 6.07) is -0.137. The Morgan fingerprint density at radius 2 is 2.10 bits per heavy atom. The van der Waals surface area contributed by atoms with Gasteiger partial charge >= 0.3 is 6.09 Å². The molecule has 1 aliphatic rings. The summed E-state index contributed by atoms with van der Waals surface area (Å²) in [5.74, 6) is 0. The third kappa shape index (κ3) is 5.47. The fourth-order valence-electron chi connectivity index (χ4n) is 2.61. The molecule has 0 spiro atoms. The predicted octanol–water partition coefficient (Wildman–Crippen LogP) is 3.30. The number of unbranched alkanes of at least 4 members (excludes halogenated alkanes) is 1. The van der Waals surface area contributed by atoms with Crippen LogP contribution < -0.4 is 0 Å². The summed E-state index contributed by atoms with van der Waals surface area (Å²) in [6.07, 6.45) is 2.55. The van der Waals surface area contributed by atoms with Gasteiger partial charge in [-0.25, -0.2) is 4.79 Å². The molecule has 1 rings (SSSR count). The maximum absolute atomic E-state index is 12.4. The minimum Gasteiger partial charge on any atom is -0.444 e. The van der Waals surface area contributed by atoms with Gasteiger partial charge in [-0.2, -0.15) is 0 Å². The largest absolute Gasteiger partial charge is 0.444 e. The number of carbonyl (C=O) groups is 1. The first-order valence-electron chi connectivity index (χ1n) is 7.91. The lowest BCUT2D eigenvalue weighted by atomic mass is 10.0. The molecule has 0 unspecified atom stereocenters. The van der Waals surface area contributed by atoms with Crippen LogP contribution >= 0.6 is 0 Å². The quantitative estimate of drug-likeness (QED) is 0.846. The van der Waals surface area contributed by atoms with E-state index in [0.29, 0.717) is 13.0 Å². The third-order valence-electron chi connectivity index (χ3n) is 3.60. The Balaban J connectivity index is 2.72. The number of hydrogen-bond donors (Lipinski definition) is 1. The molecule has 5 heteroatoms. The molecule has 21 heavy (non-hydrogen) atoms. The summed E-state index contributed by atoms with van der Waals surface area (Å²) >= 11 is 0. The molecule has 0 saturated carbocycles. The van der Waals surface area contributed by atoms with Crippen molar-refractivity contribution < 1.29 is 19.4 Å². The van der Waals surface area contributed by atoms with Crippen LogP contribution in [0.25, 0.3) is 0 Å². The second-order valence-corrected chi connectivity index (χ2v) is 7.29. The van der Waals surface area contributed by atoms with Gasteiger partial charge in [-0.15, -0.1) is 0 Å². The highest BCUT2D eigenvalue weighted by Gasteiger charge is 2.46. The number of aliphatic hydroxyl groups excluding tert-OH is 1. The van der Waals surface area contributed by atoms with Crippen LogP contribution in [0, 0.1) is 0 Å². The van der Waals surface area contributed by atoms with E-state index in [2.05, 4.69) is 6.92 Å². The van der Waals surface area contributed by atoms with Gasteiger partial charge in [0.25, 0.3) is 0 Å². The number of hydrogen-bond acceptors (Lipinski definition) is 4. The zero-order valence-electron chi connectivity index (χ0n) is 14.3. The Hall–Kier alpha value is -0.810. The fourth-order valence-corrected chi connectivity index (χ4v) is 2.61. The highest BCUT2D eigenvalue weighted by molar-refractivity contribution is 5.69. The Bertz CT molecular complexity index is 349. The van der Waals surface area contributed by atoms with E-state index in [1.165, 1.54) is 0 Å². The van der Waals surface area contributed by atoms with E-state index in [4.69, 9.17) is 9.47 Å². The third-order valence-corrected chi connectivity index (χ3v) is 3.60. The van der Waals surface area contributed by atoms with Gasteiger partial charge in [0.1, 0.15) is 11.3 Å². The second kappa shape index (κ2) is 6.97. The lowest BCUT2D eigenvalue weighted by Gasteiger charge is -2.35. The maximum atomic E-state index is 12.4. The van der Waals surface area contributed by atoms with Crippen molar-refractivity contribution in [3.8, 4) is 0 Å². The highest BCUT2D eigenvalue weighted by atomic mass is 16.6. The fraction of sp³-hybridized carbons (Fsp3) is 0.938. The standard InChI is InChI=1S/C16H31NO4/c1-7-8-9-13(18)10-12-11-20-16(5,6)17(12)14(19)21-15(2,3)4/h12-13,18H,7-11H2,1-6H3/t12-,13+/m0/s1. The first-order valence-corrected chi connectivity index (χ1v) is 7.91. The van der Waals surface area contributed by atoms with Crippen molar-refractivity contribution in [2.75, 3.05) is 6.61 Å². The summed E-state index contributed by atoms with van der Waals surface area (Å²) in [4.78, 5) is 14.1. The number of aliphatic hydroxyl groups is 1. The lowest BCUT2D eigenvalue weighted by molar-refractivity contribution is -0.0637. The van der Waals surface area contributed by atoms with E-state index in [9.17, 15) is 9.90 Å². The number of nitrogens with zero attached hydrogens (tertiary/aromatic N) is 1. The van der Waals surface area contributed by atoms with E-state index < -0.39 is 17.4 Å². The van der Waals surface area contributed by atoms with Crippen LogP contribution in [0.2, 0.25) is 0 Å². The average molecular weight is 301 g/mol. The molecule has 1 saturated heterocycles. The zero-order valence-corrected chi connectivity index (χ0v) is 14.3. The zero-order chi connectivity index (χ0) is 16.3. The maximum Gasteiger partial charge on any atom is 0.412 e. The van der Waals surface area contributed by atoms with Gasteiger partial charge in [-0.1, -0.05) is 19.8 Å². The van der Waals surface area contributed by atoms with Gasteiger partial charge in [0.15, 0.2) is 0 Å². The van der Waals surface area contributed by atoms with Crippen LogP contribution in [0.1, 0.15) is 67.2 Å². The van der Waals surface area contributed by atoms with E-state index >= 15 is 0 Å². The number of carbonyl (C=O) groups excluding carboxylic acids is 1. The molecule has 0 aromatic carbocycles.